The van der Waals surface area contributed by atoms with E-state index in [0.717, 1.165) is 0 Å². The summed E-state index contributed by atoms with van der Waals surface area (Å²) < 4.78 is 52.9. The van der Waals surface area contributed by atoms with Crippen LogP contribution in [0.15, 0.2) is 60.9 Å². The van der Waals surface area contributed by atoms with Crippen LogP contribution in [0.3, 0.4) is 0 Å². The number of benzene rings is 2. The number of rotatable bonds is 5. The Bertz CT molecular complexity index is 1270. The Morgan fingerprint density at radius 3 is 2.48 bits per heavy atom. The Morgan fingerprint density at radius 1 is 1.10 bits per heavy atom. The fourth-order valence-corrected chi connectivity index (χ4v) is 3.03. The van der Waals surface area contributed by atoms with Crippen molar-refractivity contribution in [2.75, 3.05) is 7.11 Å². The molecule has 0 aliphatic heterocycles. The molecule has 4 aromatic rings. The molecular formula is C20H13F3N4O4. The Morgan fingerprint density at radius 2 is 1.84 bits per heavy atom. The lowest BCUT2D eigenvalue weighted by Crippen LogP contribution is -2.13. The second-order valence-electron chi connectivity index (χ2n) is 6.32. The van der Waals surface area contributed by atoms with Gasteiger partial charge in [0.15, 0.2) is 5.82 Å². The first-order valence-electron chi connectivity index (χ1n) is 8.79. The largest absolute Gasteiger partial charge is 0.496 e. The molecule has 0 atom stereocenters. The number of hydrogen-bond donors (Lipinski definition) is 0. The third-order valence-corrected chi connectivity index (χ3v) is 4.45. The topological polar surface area (TPSA) is 92.3 Å². The molecule has 0 fully saturated rings. The van der Waals surface area contributed by atoms with Crippen molar-refractivity contribution in [2.24, 2.45) is 0 Å². The van der Waals surface area contributed by atoms with E-state index in [1.807, 2.05) is 0 Å². The first-order valence-corrected chi connectivity index (χ1v) is 8.79. The summed E-state index contributed by atoms with van der Waals surface area (Å²) in [5, 5.41) is 11.4. The molecule has 2 heterocycles. The van der Waals surface area contributed by atoms with Gasteiger partial charge in [0.2, 0.25) is 0 Å². The molecule has 31 heavy (non-hydrogen) atoms. The van der Waals surface area contributed by atoms with Gasteiger partial charge in [0, 0.05) is 29.9 Å². The van der Waals surface area contributed by atoms with Gasteiger partial charge in [0.05, 0.1) is 17.5 Å². The van der Waals surface area contributed by atoms with Crippen LogP contribution in [-0.4, -0.2) is 26.6 Å². The number of nitro groups is 1. The number of non-ortho nitro benzene ring substituents is 1. The number of methoxy groups -OCH3 is 1. The number of nitro benzene ring substituents is 1. The predicted octanol–water partition coefficient (Wildman–Crippen LogP) is 5.15. The lowest BCUT2D eigenvalue weighted by atomic mass is 10.2. The zero-order chi connectivity index (χ0) is 22.2. The molecular weight excluding hydrogens is 417 g/mol. The third kappa shape index (κ3) is 3.84. The van der Waals surface area contributed by atoms with Crippen LogP contribution in [0.2, 0.25) is 0 Å². The van der Waals surface area contributed by atoms with Gasteiger partial charge in [-0.15, -0.1) is 0 Å². The van der Waals surface area contributed by atoms with Gasteiger partial charge >= 0.3 is 12.2 Å². The second kappa shape index (κ2) is 7.59. The maximum atomic E-state index is 13.6. The summed E-state index contributed by atoms with van der Waals surface area (Å²) in [6.45, 7) is 0. The van der Waals surface area contributed by atoms with Crippen molar-refractivity contribution in [3.63, 3.8) is 0 Å². The van der Waals surface area contributed by atoms with Crippen LogP contribution < -0.4 is 9.47 Å². The number of aromatic nitrogens is 3. The minimum Gasteiger partial charge on any atom is -0.496 e. The van der Waals surface area contributed by atoms with E-state index in [1.54, 1.807) is 24.3 Å². The SMILES string of the molecule is COc1cccc2c1ccn2-c1nc(Oc2ccc([N+](=O)[O-])cc2)ncc1C(F)(F)F. The molecule has 0 bridgehead atoms. The van der Waals surface area contributed by atoms with Gasteiger partial charge in [-0.2, -0.15) is 18.2 Å². The number of halogens is 3. The highest BCUT2D eigenvalue weighted by Gasteiger charge is 2.36. The summed E-state index contributed by atoms with van der Waals surface area (Å²) in [6.07, 6.45) is -2.63. The fourth-order valence-electron chi connectivity index (χ4n) is 3.03. The normalized spacial score (nSPS) is 11.5. The van der Waals surface area contributed by atoms with E-state index in [9.17, 15) is 23.3 Å². The molecule has 0 saturated carbocycles. The lowest BCUT2D eigenvalue weighted by Gasteiger charge is -2.14. The molecule has 158 valence electrons. The van der Waals surface area contributed by atoms with Gasteiger partial charge in [0.25, 0.3) is 5.69 Å². The highest BCUT2D eigenvalue weighted by atomic mass is 19.4. The average Bonchev–Trinajstić information content (AvgIpc) is 3.17. The van der Waals surface area contributed by atoms with E-state index in [0.29, 0.717) is 22.8 Å². The van der Waals surface area contributed by atoms with E-state index in [4.69, 9.17) is 9.47 Å². The first-order chi connectivity index (χ1) is 14.8. The van der Waals surface area contributed by atoms with Crippen LogP contribution in [0.25, 0.3) is 16.7 Å². The standard InChI is InChI=1S/C20H13F3N4O4/c1-30-17-4-2-3-16-14(17)9-10-26(16)18-15(20(21,22)23)11-24-19(25-18)31-13-7-5-12(6-8-13)27(28)29/h2-11H,1H3. The van der Waals surface area contributed by atoms with Crippen molar-refractivity contribution in [3.8, 4) is 23.3 Å². The molecule has 8 nitrogen and oxygen atoms in total. The molecule has 0 radical (unpaired) electrons. The van der Waals surface area contributed by atoms with Gasteiger partial charge in [0.1, 0.15) is 17.1 Å². The molecule has 0 spiro atoms. The van der Waals surface area contributed by atoms with Gasteiger partial charge in [-0.3, -0.25) is 10.1 Å². The van der Waals surface area contributed by atoms with Crippen LogP contribution in [0.4, 0.5) is 18.9 Å². The maximum Gasteiger partial charge on any atom is 0.421 e. The van der Waals surface area contributed by atoms with Crippen molar-refractivity contribution >= 4 is 16.6 Å². The van der Waals surface area contributed by atoms with Gasteiger partial charge in [-0.25, -0.2) is 4.98 Å². The Kier molecular flexibility index (Phi) is 4.93. The number of nitrogens with zero attached hydrogens (tertiary/aromatic N) is 4. The van der Waals surface area contributed by atoms with Crippen molar-refractivity contribution in [3.05, 3.63) is 76.6 Å². The van der Waals surface area contributed by atoms with Crippen LogP contribution in [0, 0.1) is 10.1 Å². The van der Waals surface area contributed by atoms with E-state index < -0.39 is 22.5 Å². The molecule has 4 rings (SSSR count). The van der Waals surface area contributed by atoms with E-state index in [-0.39, 0.29) is 17.4 Å². The minimum atomic E-state index is -4.71. The Labute approximate surface area is 172 Å². The molecule has 2 aromatic carbocycles. The van der Waals surface area contributed by atoms with Gasteiger partial charge in [-0.1, -0.05) is 6.07 Å². The van der Waals surface area contributed by atoms with E-state index in [1.165, 1.54) is 42.1 Å². The summed E-state index contributed by atoms with van der Waals surface area (Å²) in [5.41, 5.74) is -0.761. The highest BCUT2D eigenvalue weighted by Crippen LogP contribution is 2.36. The Hall–Kier alpha value is -4.15. The molecule has 0 saturated heterocycles. The predicted molar refractivity (Wildman–Crippen MR) is 104 cm³/mol. The molecule has 0 amide bonds. The number of ether oxygens (including phenoxy) is 2. The average molecular weight is 430 g/mol. The third-order valence-electron chi connectivity index (χ3n) is 4.45. The number of fused-ring (bicyclic) bond motifs is 1. The van der Waals surface area contributed by atoms with Gasteiger partial charge in [-0.05, 0) is 30.3 Å². The van der Waals surface area contributed by atoms with Crippen molar-refractivity contribution < 1.29 is 27.6 Å². The molecule has 0 N–H and O–H groups in total. The van der Waals surface area contributed by atoms with Crippen LogP contribution in [-0.2, 0) is 6.18 Å². The van der Waals surface area contributed by atoms with Crippen LogP contribution in [0.1, 0.15) is 5.56 Å². The van der Waals surface area contributed by atoms with Crippen molar-refractivity contribution in [2.45, 2.75) is 6.18 Å². The minimum absolute atomic E-state index is 0.135. The molecule has 2 aromatic heterocycles. The zero-order valence-electron chi connectivity index (χ0n) is 15.8. The molecule has 0 unspecified atom stereocenters. The lowest BCUT2D eigenvalue weighted by molar-refractivity contribution is -0.384. The second-order valence-corrected chi connectivity index (χ2v) is 6.32. The van der Waals surface area contributed by atoms with E-state index >= 15 is 0 Å². The summed E-state index contributed by atoms with van der Waals surface area (Å²) >= 11 is 0. The fraction of sp³-hybridized carbons (Fsp3) is 0.100. The molecule has 0 aliphatic carbocycles. The van der Waals surface area contributed by atoms with Gasteiger partial charge < -0.3 is 14.0 Å². The summed E-state index contributed by atoms with van der Waals surface area (Å²) in [6, 6.07) is 11.3. The maximum absolute atomic E-state index is 13.6. The van der Waals surface area contributed by atoms with E-state index in [2.05, 4.69) is 9.97 Å². The van der Waals surface area contributed by atoms with Crippen LogP contribution >= 0.6 is 0 Å². The van der Waals surface area contributed by atoms with Crippen molar-refractivity contribution in [1.29, 1.82) is 0 Å². The monoisotopic (exact) mass is 430 g/mol. The smallest absolute Gasteiger partial charge is 0.421 e. The number of alkyl halides is 3. The number of hydrogen-bond acceptors (Lipinski definition) is 6. The molecule has 11 heteroatoms. The van der Waals surface area contributed by atoms with Crippen LogP contribution in [0.5, 0.6) is 17.5 Å². The summed E-state index contributed by atoms with van der Waals surface area (Å²) in [4.78, 5) is 17.8. The molecule has 0 aliphatic rings. The summed E-state index contributed by atoms with van der Waals surface area (Å²) in [5.74, 6) is 0.208. The quantitative estimate of drug-likeness (QED) is 0.321. The van der Waals surface area contributed by atoms with Crippen molar-refractivity contribution in [1.82, 2.24) is 14.5 Å². The Balaban J connectivity index is 1.80. The zero-order valence-corrected chi connectivity index (χ0v) is 15.8. The first kappa shape index (κ1) is 20.1. The highest BCUT2D eigenvalue weighted by molar-refractivity contribution is 5.87. The summed E-state index contributed by atoms with van der Waals surface area (Å²) in [7, 11) is 1.47.